The van der Waals surface area contributed by atoms with Gasteiger partial charge in [0.25, 0.3) is 0 Å². The molecule has 5 amide bonds. The number of nitrogens with one attached hydrogen (secondary N) is 5. The summed E-state index contributed by atoms with van der Waals surface area (Å²) in [6.45, 7) is 10.3. The Morgan fingerprint density at radius 2 is 1.59 bits per heavy atom. The summed E-state index contributed by atoms with van der Waals surface area (Å²) in [6, 6.07) is -1.05. The summed E-state index contributed by atoms with van der Waals surface area (Å²) in [4.78, 5) is 77.2. The molecular weight excluding hydrogens is 550 g/mol. The number of carbonyl (C=O) groups is 6. The van der Waals surface area contributed by atoms with Crippen molar-refractivity contribution in [2.75, 3.05) is 6.54 Å². The van der Waals surface area contributed by atoms with Crippen molar-refractivity contribution in [1.29, 1.82) is 0 Å². The summed E-state index contributed by atoms with van der Waals surface area (Å²) in [5.41, 5.74) is 0. The van der Waals surface area contributed by atoms with Gasteiger partial charge in [-0.05, 0) is 49.5 Å². The number of Topliss-reactive ketones (excluding diaryl/α,β-unsaturated/α-hetero) is 1. The predicted molar refractivity (Wildman–Crippen MR) is 154 cm³/mol. The Morgan fingerprint density at radius 3 is 2.07 bits per heavy atom. The standard InChI is InChI=1S/C28H43N5O7S/c1-14(2)12-20(32-28(40)23(16(5)34)33-27(39)22(15(3)4)30-17(6)35)26(38)31-19(13-18-9-10-29-25(18)37)24(36)21-8-7-11-41-21/h7-8,11,14-16,18-20,22-23,34H,9-10,12-13H2,1-6H3,(H,29,37)(H,30,35)(H,31,38)(H,32,40)(H,33,39)/t16?,18-,19-,20-,22-,23-/m0/s1. The Balaban J connectivity index is 2.23. The molecule has 0 spiro atoms. The molecule has 1 aliphatic rings. The molecule has 12 nitrogen and oxygen atoms in total. The summed E-state index contributed by atoms with van der Waals surface area (Å²) in [5.74, 6) is -3.76. The second-order valence-electron chi connectivity index (χ2n) is 11.3. The molecule has 0 aliphatic carbocycles. The van der Waals surface area contributed by atoms with E-state index < -0.39 is 59.8 Å². The third-order valence-electron chi connectivity index (χ3n) is 6.79. The Hall–Kier alpha value is -3.32. The van der Waals surface area contributed by atoms with Crippen molar-refractivity contribution < 1.29 is 33.9 Å². The normalized spacial score (nSPS) is 18.6. The van der Waals surface area contributed by atoms with E-state index in [0.717, 1.165) is 0 Å². The van der Waals surface area contributed by atoms with Gasteiger partial charge >= 0.3 is 0 Å². The van der Waals surface area contributed by atoms with Crippen LogP contribution in [0, 0.1) is 17.8 Å². The molecule has 1 aliphatic heterocycles. The van der Waals surface area contributed by atoms with Gasteiger partial charge < -0.3 is 31.7 Å². The number of hydrogen-bond acceptors (Lipinski definition) is 8. The molecule has 1 aromatic heterocycles. The lowest BCUT2D eigenvalue weighted by atomic mass is 9.94. The first kappa shape index (κ1) is 33.9. The minimum Gasteiger partial charge on any atom is -0.391 e. The number of amides is 5. The van der Waals surface area contributed by atoms with Crippen LogP contribution in [0.2, 0.25) is 0 Å². The Bertz CT molecular complexity index is 1090. The number of hydrogen-bond donors (Lipinski definition) is 6. The van der Waals surface area contributed by atoms with Crippen LogP contribution in [0.3, 0.4) is 0 Å². The van der Waals surface area contributed by atoms with Crippen molar-refractivity contribution in [2.24, 2.45) is 17.8 Å². The molecule has 0 radical (unpaired) electrons. The van der Waals surface area contributed by atoms with Crippen LogP contribution in [-0.2, 0) is 24.0 Å². The Kier molecular flexibility index (Phi) is 12.9. The van der Waals surface area contributed by atoms with E-state index in [9.17, 15) is 33.9 Å². The molecular formula is C28H43N5O7S. The van der Waals surface area contributed by atoms with Gasteiger partial charge in [0.15, 0.2) is 5.78 Å². The second-order valence-corrected chi connectivity index (χ2v) is 12.2. The maximum absolute atomic E-state index is 13.5. The fraction of sp³-hybridized carbons (Fsp3) is 0.643. The van der Waals surface area contributed by atoms with Crippen LogP contribution < -0.4 is 26.6 Å². The van der Waals surface area contributed by atoms with Crippen molar-refractivity contribution in [3.05, 3.63) is 22.4 Å². The zero-order valence-electron chi connectivity index (χ0n) is 24.5. The van der Waals surface area contributed by atoms with Crippen LogP contribution in [0.4, 0.5) is 0 Å². The summed E-state index contributed by atoms with van der Waals surface area (Å²) < 4.78 is 0. The lowest BCUT2D eigenvalue weighted by molar-refractivity contribution is -0.136. The molecule has 6 N–H and O–H groups in total. The van der Waals surface area contributed by atoms with Gasteiger partial charge in [-0.3, -0.25) is 28.8 Å². The van der Waals surface area contributed by atoms with Crippen LogP contribution in [0.25, 0.3) is 0 Å². The molecule has 228 valence electrons. The van der Waals surface area contributed by atoms with Gasteiger partial charge in [0, 0.05) is 19.4 Å². The third kappa shape index (κ3) is 10.2. The van der Waals surface area contributed by atoms with Crippen molar-refractivity contribution in [3.63, 3.8) is 0 Å². The number of aliphatic hydroxyl groups is 1. The van der Waals surface area contributed by atoms with E-state index in [2.05, 4.69) is 26.6 Å². The van der Waals surface area contributed by atoms with Crippen molar-refractivity contribution in [1.82, 2.24) is 26.6 Å². The van der Waals surface area contributed by atoms with Crippen LogP contribution in [0.1, 0.15) is 70.5 Å². The lowest BCUT2D eigenvalue weighted by Gasteiger charge is -2.29. The van der Waals surface area contributed by atoms with Gasteiger partial charge in [-0.2, -0.15) is 0 Å². The van der Waals surface area contributed by atoms with Crippen molar-refractivity contribution >= 4 is 46.7 Å². The van der Waals surface area contributed by atoms with E-state index >= 15 is 0 Å². The topological polar surface area (TPSA) is 183 Å². The molecule has 41 heavy (non-hydrogen) atoms. The van der Waals surface area contributed by atoms with Gasteiger partial charge in [-0.15, -0.1) is 11.3 Å². The van der Waals surface area contributed by atoms with E-state index in [1.165, 1.54) is 25.2 Å². The van der Waals surface area contributed by atoms with Crippen LogP contribution >= 0.6 is 11.3 Å². The molecule has 0 saturated carbocycles. The number of thiophene rings is 1. The predicted octanol–water partition coefficient (Wildman–Crippen LogP) is 0.499. The summed E-state index contributed by atoms with van der Waals surface area (Å²) in [7, 11) is 0. The first-order chi connectivity index (χ1) is 19.2. The van der Waals surface area contributed by atoms with Gasteiger partial charge in [0.1, 0.15) is 18.1 Å². The van der Waals surface area contributed by atoms with Crippen LogP contribution in [0.5, 0.6) is 0 Å². The highest BCUT2D eigenvalue weighted by Crippen LogP contribution is 2.21. The fourth-order valence-electron chi connectivity index (χ4n) is 4.62. The molecule has 0 aromatic carbocycles. The maximum atomic E-state index is 13.5. The van der Waals surface area contributed by atoms with Gasteiger partial charge in [-0.1, -0.05) is 33.8 Å². The van der Waals surface area contributed by atoms with Gasteiger partial charge in [0.2, 0.25) is 29.5 Å². The molecule has 1 aromatic rings. The number of aliphatic hydroxyl groups excluding tert-OH is 1. The minimum absolute atomic E-state index is 0.0391. The molecule has 2 heterocycles. The zero-order chi connectivity index (χ0) is 30.9. The highest BCUT2D eigenvalue weighted by molar-refractivity contribution is 7.12. The molecule has 6 atom stereocenters. The third-order valence-corrected chi connectivity index (χ3v) is 7.68. The van der Waals surface area contributed by atoms with Gasteiger partial charge in [-0.25, -0.2) is 0 Å². The van der Waals surface area contributed by atoms with E-state index in [1.54, 1.807) is 31.4 Å². The number of ketones is 1. The molecule has 1 saturated heterocycles. The molecule has 2 rings (SSSR count). The second kappa shape index (κ2) is 15.6. The van der Waals surface area contributed by atoms with E-state index in [1.807, 2.05) is 13.8 Å². The van der Waals surface area contributed by atoms with E-state index in [0.29, 0.717) is 17.8 Å². The first-order valence-corrected chi connectivity index (χ1v) is 14.8. The van der Waals surface area contributed by atoms with Crippen molar-refractivity contribution in [2.45, 2.75) is 91.1 Å². The highest BCUT2D eigenvalue weighted by atomic mass is 32.1. The Labute approximate surface area is 244 Å². The lowest BCUT2D eigenvalue weighted by Crippen LogP contribution is -2.61. The van der Waals surface area contributed by atoms with E-state index in [4.69, 9.17) is 0 Å². The summed E-state index contributed by atoms with van der Waals surface area (Å²) in [6.07, 6.45) is -0.452. The smallest absolute Gasteiger partial charge is 0.245 e. The summed E-state index contributed by atoms with van der Waals surface area (Å²) >= 11 is 1.23. The fourth-order valence-corrected chi connectivity index (χ4v) is 5.33. The Morgan fingerprint density at radius 1 is 0.951 bits per heavy atom. The molecule has 13 heteroatoms. The van der Waals surface area contributed by atoms with E-state index in [-0.39, 0.29) is 36.4 Å². The largest absolute Gasteiger partial charge is 0.391 e. The zero-order valence-corrected chi connectivity index (χ0v) is 25.3. The first-order valence-electron chi connectivity index (χ1n) is 13.9. The van der Waals surface area contributed by atoms with Crippen LogP contribution in [0.15, 0.2) is 17.5 Å². The quantitative estimate of drug-likeness (QED) is 0.160. The maximum Gasteiger partial charge on any atom is 0.245 e. The number of carbonyl (C=O) groups excluding carboxylic acids is 6. The summed E-state index contributed by atoms with van der Waals surface area (Å²) in [5, 5.41) is 25.2. The molecule has 0 bridgehead atoms. The molecule has 1 fully saturated rings. The monoisotopic (exact) mass is 593 g/mol. The average Bonchev–Trinajstić information content (AvgIpc) is 3.55. The molecule has 1 unspecified atom stereocenters. The minimum atomic E-state index is -1.41. The average molecular weight is 594 g/mol. The van der Waals surface area contributed by atoms with Crippen molar-refractivity contribution in [3.8, 4) is 0 Å². The number of rotatable bonds is 15. The van der Waals surface area contributed by atoms with Crippen LogP contribution in [-0.4, -0.2) is 77.2 Å². The SMILES string of the molecule is CC(=O)N[C@H](C(=O)N[C@H](C(=O)N[C@@H](CC(C)C)C(=O)N[C@@H](C[C@@H]1CCNC1=O)C(=O)c1cccs1)C(C)O)C(C)C. The van der Waals surface area contributed by atoms with Gasteiger partial charge in [0.05, 0.1) is 17.0 Å². The highest BCUT2D eigenvalue weighted by Gasteiger charge is 2.36.